The van der Waals surface area contributed by atoms with Gasteiger partial charge in [0, 0.05) is 15.1 Å². The Kier molecular flexibility index (Phi) is 7.99. The molecule has 2 amide bonds. The van der Waals surface area contributed by atoms with E-state index in [1.165, 1.54) is 6.08 Å². The zero-order valence-corrected chi connectivity index (χ0v) is 18.1. The van der Waals surface area contributed by atoms with Crippen LogP contribution in [0.1, 0.15) is 29.8 Å². The third-order valence-electron chi connectivity index (χ3n) is 4.00. The number of benzene rings is 2. The lowest BCUT2D eigenvalue weighted by atomic mass is 10.0. The van der Waals surface area contributed by atoms with Crippen molar-refractivity contribution in [1.82, 2.24) is 10.6 Å². The zero-order chi connectivity index (χ0) is 21.6. The molecule has 0 fully saturated rings. The van der Waals surface area contributed by atoms with Crippen molar-refractivity contribution in [2.75, 3.05) is 0 Å². The summed E-state index contributed by atoms with van der Waals surface area (Å²) in [6.07, 6.45) is 1.46. The molecule has 0 bridgehead atoms. The Bertz CT molecular complexity index is 925. The average molecular weight is 480 g/mol. The van der Waals surface area contributed by atoms with Crippen LogP contribution in [0.2, 0.25) is 5.02 Å². The highest BCUT2D eigenvalue weighted by atomic mass is 79.9. The Morgan fingerprint density at radius 2 is 1.62 bits per heavy atom. The lowest BCUT2D eigenvalue weighted by molar-refractivity contribution is -0.142. The van der Waals surface area contributed by atoms with Crippen LogP contribution in [0.25, 0.3) is 6.08 Å². The maximum absolute atomic E-state index is 12.8. The third-order valence-corrected chi connectivity index (χ3v) is 4.78. The SMILES string of the molecule is CC(C)C(NC(=O)/C(=C\c1ccc(Cl)cc1)NC(=O)c1ccc(Br)cc1)C(=O)O. The number of amides is 2. The van der Waals surface area contributed by atoms with Crippen molar-refractivity contribution in [2.24, 2.45) is 5.92 Å². The normalized spacial score (nSPS) is 12.4. The standard InChI is InChI=1S/C21H20BrClN2O4/c1-12(2)18(21(28)29)25-20(27)17(11-13-3-9-16(23)10-4-13)24-19(26)14-5-7-15(22)8-6-14/h3-12,18H,1-2H3,(H,24,26)(H,25,27)(H,28,29)/b17-11+. The van der Waals surface area contributed by atoms with Gasteiger partial charge in [-0.2, -0.15) is 0 Å². The van der Waals surface area contributed by atoms with E-state index in [-0.39, 0.29) is 11.6 Å². The largest absolute Gasteiger partial charge is 0.480 e. The number of nitrogens with one attached hydrogen (secondary N) is 2. The van der Waals surface area contributed by atoms with E-state index < -0.39 is 23.8 Å². The summed E-state index contributed by atoms with van der Waals surface area (Å²) in [5.41, 5.74) is 0.890. The highest BCUT2D eigenvalue weighted by Gasteiger charge is 2.25. The number of carbonyl (C=O) groups excluding carboxylic acids is 2. The molecule has 152 valence electrons. The molecule has 0 aliphatic heterocycles. The summed E-state index contributed by atoms with van der Waals surface area (Å²) in [4.78, 5) is 36.8. The van der Waals surface area contributed by atoms with Crippen LogP contribution in [0.15, 0.2) is 58.7 Å². The number of hydrogen-bond donors (Lipinski definition) is 3. The van der Waals surface area contributed by atoms with Crippen LogP contribution in [-0.4, -0.2) is 28.9 Å². The van der Waals surface area contributed by atoms with E-state index in [0.717, 1.165) is 4.47 Å². The minimum Gasteiger partial charge on any atom is -0.480 e. The summed E-state index contributed by atoms with van der Waals surface area (Å²) < 4.78 is 0.810. The second kappa shape index (κ2) is 10.2. The molecule has 29 heavy (non-hydrogen) atoms. The number of carbonyl (C=O) groups is 3. The Balaban J connectivity index is 2.33. The van der Waals surface area contributed by atoms with Crippen molar-refractivity contribution >= 4 is 51.4 Å². The van der Waals surface area contributed by atoms with Crippen LogP contribution in [0.3, 0.4) is 0 Å². The molecule has 0 spiro atoms. The molecule has 6 nitrogen and oxygen atoms in total. The summed E-state index contributed by atoms with van der Waals surface area (Å²) in [7, 11) is 0. The number of carboxylic acids is 1. The van der Waals surface area contributed by atoms with Gasteiger partial charge in [0.05, 0.1) is 0 Å². The molecule has 2 rings (SSSR count). The summed E-state index contributed by atoms with van der Waals surface area (Å²) in [5, 5.41) is 14.9. The molecule has 1 atom stereocenters. The summed E-state index contributed by atoms with van der Waals surface area (Å²) in [5.74, 6) is -2.69. The monoisotopic (exact) mass is 478 g/mol. The average Bonchev–Trinajstić information content (AvgIpc) is 2.67. The molecule has 1 unspecified atom stereocenters. The van der Waals surface area contributed by atoms with Gasteiger partial charge in [-0.3, -0.25) is 9.59 Å². The second-order valence-corrected chi connectivity index (χ2v) is 7.96. The lowest BCUT2D eigenvalue weighted by Gasteiger charge is -2.19. The number of halogens is 2. The molecule has 0 saturated heterocycles. The summed E-state index contributed by atoms with van der Waals surface area (Å²) in [6.45, 7) is 3.37. The predicted octanol–water partition coefficient (Wildman–Crippen LogP) is 4.10. The van der Waals surface area contributed by atoms with Gasteiger partial charge >= 0.3 is 5.97 Å². The van der Waals surface area contributed by atoms with Crippen molar-refractivity contribution < 1.29 is 19.5 Å². The van der Waals surface area contributed by atoms with Crippen LogP contribution >= 0.6 is 27.5 Å². The van der Waals surface area contributed by atoms with Gasteiger partial charge in [-0.25, -0.2) is 4.79 Å². The Morgan fingerprint density at radius 1 is 1.03 bits per heavy atom. The van der Waals surface area contributed by atoms with Gasteiger partial charge in [-0.1, -0.05) is 53.5 Å². The van der Waals surface area contributed by atoms with Crippen LogP contribution in [0, 0.1) is 5.92 Å². The molecule has 0 aliphatic rings. The van der Waals surface area contributed by atoms with E-state index in [2.05, 4.69) is 26.6 Å². The Hall–Kier alpha value is -2.64. The second-order valence-electron chi connectivity index (χ2n) is 6.60. The minimum absolute atomic E-state index is 0.0767. The number of carboxylic acid groups (broad SMARTS) is 1. The first kappa shape index (κ1) is 22.6. The fraction of sp³-hybridized carbons (Fsp3) is 0.190. The van der Waals surface area contributed by atoms with Gasteiger partial charge in [0.2, 0.25) is 0 Å². The van der Waals surface area contributed by atoms with Gasteiger partial charge < -0.3 is 15.7 Å². The zero-order valence-electron chi connectivity index (χ0n) is 15.8. The molecule has 0 aliphatic carbocycles. The smallest absolute Gasteiger partial charge is 0.326 e. The van der Waals surface area contributed by atoms with Crippen LogP contribution in [0.4, 0.5) is 0 Å². The fourth-order valence-electron chi connectivity index (χ4n) is 2.41. The fourth-order valence-corrected chi connectivity index (χ4v) is 2.80. The van der Waals surface area contributed by atoms with Gasteiger partial charge in [0.1, 0.15) is 11.7 Å². The van der Waals surface area contributed by atoms with Gasteiger partial charge in [-0.05, 0) is 54.0 Å². The van der Waals surface area contributed by atoms with Gasteiger partial charge in [0.25, 0.3) is 11.8 Å². The van der Waals surface area contributed by atoms with Crippen molar-refractivity contribution in [1.29, 1.82) is 0 Å². The molecular weight excluding hydrogens is 460 g/mol. The first-order valence-electron chi connectivity index (χ1n) is 8.75. The third kappa shape index (κ3) is 6.73. The Labute approximate surface area is 182 Å². The maximum Gasteiger partial charge on any atom is 0.326 e. The lowest BCUT2D eigenvalue weighted by Crippen LogP contribution is -2.47. The highest BCUT2D eigenvalue weighted by molar-refractivity contribution is 9.10. The van der Waals surface area contributed by atoms with Gasteiger partial charge in [-0.15, -0.1) is 0 Å². The first-order valence-corrected chi connectivity index (χ1v) is 9.92. The van der Waals surface area contributed by atoms with E-state index in [9.17, 15) is 19.5 Å². The molecule has 2 aromatic rings. The molecular formula is C21H20BrClN2O4. The Morgan fingerprint density at radius 3 is 2.14 bits per heavy atom. The molecule has 0 aromatic heterocycles. The summed E-state index contributed by atoms with van der Waals surface area (Å²) in [6, 6.07) is 12.2. The van der Waals surface area contributed by atoms with Crippen molar-refractivity contribution in [3.63, 3.8) is 0 Å². The van der Waals surface area contributed by atoms with Crippen LogP contribution in [0.5, 0.6) is 0 Å². The van der Waals surface area contributed by atoms with E-state index in [1.54, 1.807) is 62.4 Å². The molecule has 0 saturated carbocycles. The van der Waals surface area contributed by atoms with E-state index in [1.807, 2.05) is 0 Å². The molecule has 8 heteroatoms. The van der Waals surface area contributed by atoms with Crippen LogP contribution in [-0.2, 0) is 9.59 Å². The van der Waals surface area contributed by atoms with E-state index in [4.69, 9.17) is 11.6 Å². The summed E-state index contributed by atoms with van der Waals surface area (Å²) >= 11 is 9.19. The van der Waals surface area contributed by atoms with Crippen molar-refractivity contribution in [3.05, 3.63) is 74.9 Å². The maximum atomic E-state index is 12.8. The van der Waals surface area contributed by atoms with Gasteiger partial charge in [0.15, 0.2) is 0 Å². The quantitative estimate of drug-likeness (QED) is 0.521. The van der Waals surface area contributed by atoms with E-state index in [0.29, 0.717) is 16.1 Å². The first-order chi connectivity index (χ1) is 13.7. The highest BCUT2D eigenvalue weighted by Crippen LogP contribution is 2.14. The number of hydrogen-bond acceptors (Lipinski definition) is 3. The molecule has 3 N–H and O–H groups in total. The molecule has 0 heterocycles. The topological polar surface area (TPSA) is 95.5 Å². The van der Waals surface area contributed by atoms with Crippen LogP contribution < -0.4 is 10.6 Å². The predicted molar refractivity (Wildman–Crippen MR) is 115 cm³/mol. The number of rotatable bonds is 7. The van der Waals surface area contributed by atoms with Crippen molar-refractivity contribution in [2.45, 2.75) is 19.9 Å². The minimum atomic E-state index is -1.15. The van der Waals surface area contributed by atoms with Crippen molar-refractivity contribution in [3.8, 4) is 0 Å². The molecule has 2 aromatic carbocycles. The van der Waals surface area contributed by atoms with E-state index >= 15 is 0 Å². The number of aliphatic carboxylic acids is 1. The molecule has 0 radical (unpaired) electrons.